The Labute approximate surface area is 190 Å². The van der Waals surface area contributed by atoms with Gasteiger partial charge in [-0.2, -0.15) is 4.31 Å². The predicted molar refractivity (Wildman–Crippen MR) is 125 cm³/mol. The Bertz CT molecular complexity index is 1130. The molecule has 1 atom stereocenters. The minimum Gasteiger partial charge on any atom is -0.334 e. The van der Waals surface area contributed by atoms with Gasteiger partial charge >= 0.3 is 6.03 Å². The van der Waals surface area contributed by atoms with Crippen molar-refractivity contribution in [3.8, 4) is 0 Å². The fourth-order valence-corrected chi connectivity index (χ4v) is 5.13. The summed E-state index contributed by atoms with van der Waals surface area (Å²) in [6, 6.07) is 12.4. The average Bonchev–Trinajstić information content (AvgIpc) is 2.72. The number of benzene rings is 2. The maximum atomic E-state index is 12.6. The summed E-state index contributed by atoms with van der Waals surface area (Å²) >= 11 is 0. The molecule has 2 rings (SSSR count). The Morgan fingerprint density at radius 3 is 2.19 bits per heavy atom. The van der Waals surface area contributed by atoms with Crippen LogP contribution in [-0.2, 0) is 26.6 Å². The number of nitrogens with zero attached hydrogens (tertiary/aromatic N) is 1. The molecule has 176 valence electrons. The van der Waals surface area contributed by atoms with Crippen LogP contribution in [0, 0.1) is 0 Å². The first-order chi connectivity index (χ1) is 15.0. The van der Waals surface area contributed by atoms with E-state index in [0.29, 0.717) is 18.8 Å². The van der Waals surface area contributed by atoms with Crippen LogP contribution in [-0.4, -0.2) is 46.5 Å². The lowest BCUT2D eigenvalue weighted by molar-refractivity contribution is 0.237. The number of hydrogen-bond acceptors (Lipinski definition) is 5. The fourth-order valence-electron chi connectivity index (χ4n) is 3.11. The van der Waals surface area contributed by atoms with Crippen molar-refractivity contribution in [2.45, 2.75) is 38.3 Å². The molecule has 0 heterocycles. The fraction of sp³-hybridized carbons (Fsp3) is 0.381. The summed E-state index contributed by atoms with van der Waals surface area (Å²) in [7, 11) is -6.91. The number of nitrogens with one attached hydrogen (secondary N) is 3. The lowest BCUT2D eigenvalue weighted by Gasteiger charge is -2.19. The van der Waals surface area contributed by atoms with Crippen LogP contribution in [0.3, 0.4) is 0 Å². The van der Waals surface area contributed by atoms with Gasteiger partial charge in [0.2, 0.25) is 20.0 Å². The lowest BCUT2D eigenvalue weighted by atomic mass is 10.1. The maximum Gasteiger partial charge on any atom is 0.315 e. The first kappa shape index (κ1) is 25.6. The van der Waals surface area contributed by atoms with E-state index in [1.807, 2.05) is 0 Å². The lowest BCUT2D eigenvalue weighted by Crippen LogP contribution is -2.36. The zero-order chi connectivity index (χ0) is 23.9. The van der Waals surface area contributed by atoms with Crippen molar-refractivity contribution in [1.29, 1.82) is 0 Å². The Morgan fingerprint density at radius 2 is 1.62 bits per heavy atom. The van der Waals surface area contributed by atoms with E-state index in [0.717, 1.165) is 17.4 Å². The molecule has 11 heteroatoms. The van der Waals surface area contributed by atoms with E-state index >= 15 is 0 Å². The molecular weight excluding hydrogens is 452 g/mol. The van der Waals surface area contributed by atoms with E-state index in [9.17, 15) is 21.6 Å². The summed E-state index contributed by atoms with van der Waals surface area (Å²) in [4.78, 5) is 12.5. The highest BCUT2D eigenvalue weighted by molar-refractivity contribution is 7.92. The molecule has 1 unspecified atom stereocenters. The van der Waals surface area contributed by atoms with Gasteiger partial charge in [-0.1, -0.05) is 38.1 Å². The van der Waals surface area contributed by atoms with Gasteiger partial charge in [-0.15, -0.1) is 0 Å². The SMILES string of the molecule is CCN(CC)S(=O)(=O)c1ccc(C(C)NC(=O)NCc2cccc(NS(C)(=O)=O)c2)cc1. The van der Waals surface area contributed by atoms with E-state index in [1.165, 1.54) is 4.31 Å². The van der Waals surface area contributed by atoms with Crippen molar-refractivity contribution in [3.05, 3.63) is 59.7 Å². The number of rotatable bonds is 10. The van der Waals surface area contributed by atoms with Crippen LogP contribution in [0.25, 0.3) is 0 Å². The standard InChI is InChI=1S/C21H30N4O5S2/c1-5-25(6-2)32(29,30)20-12-10-18(11-13-20)16(3)23-21(26)22-15-17-8-7-9-19(14-17)24-31(4,27)28/h7-14,16,24H,5-6,15H2,1-4H3,(H2,22,23,26). The number of urea groups is 1. The quantitative estimate of drug-likeness (QED) is 0.480. The molecule has 0 fully saturated rings. The van der Waals surface area contributed by atoms with Gasteiger partial charge in [-0.3, -0.25) is 4.72 Å². The molecule has 2 aromatic rings. The molecule has 0 aromatic heterocycles. The molecule has 0 bridgehead atoms. The van der Waals surface area contributed by atoms with Gasteiger partial charge in [0.15, 0.2) is 0 Å². The molecule has 2 aromatic carbocycles. The van der Waals surface area contributed by atoms with Gasteiger partial charge in [0, 0.05) is 25.3 Å². The van der Waals surface area contributed by atoms with E-state index in [1.54, 1.807) is 69.3 Å². The van der Waals surface area contributed by atoms with Crippen LogP contribution in [0.5, 0.6) is 0 Å². The van der Waals surface area contributed by atoms with Crippen LogP contribution in [0.2, 0.25) is 0 Å². The Kier molecular flexibility index (Phi) is 8.65. The Balaban J connectivity index is 1.96. The van der Waals surface area contributed by atoms with Crippen molar-refractivity contribution in [2.75, 3.05) is 24.1 Å². The summed E-state index contributed by atoms with van der Waals surface area (Å²) in [5.41, 5.74) is 1.91. The predicted octanol–water partition coefficient (Wildman–Crippen LogP) is 2.65. The molecule has 0 aliphatic rings. The van der Waals surface area contributed by atoms with Crippen LogP contribution in [0.15, 0.2) is 53.4 Å². The Hall–Kier alpha value is -2.63. The van der Waals surface area contributed by atoms with Crippen LogP contribution < -0.4 is 15.4 Å². The van der Waals surface area contributed by atoms with Crippen molar-refractivity contribution < 1.29 is 21.6 Å². The largest absolute Gasteiger partial charge is 0.334 e. The number of anilines is 1. The highest BCUT2D eigenvalue weighted by Gasteiger charge is 2.21. The maximum absolute atomic E-state index is 12.6. The van der Waals surface area contributed by atoms with Gasteiger partial charge in [0.25, 0.3) is 0 Å². The monoisotopic (exact) mass is 482 g/mol. The van der Waals surface area contributed by atoms with Crippen LogP contribution in [0.1, 0.15) is 37.9 Å². The van der Waals surface area contributed by atoms with Gasteiger partial charge in [0.1, 0.15) is 0 Å². The third-order valence-corrected chi connectivity index (χ3v) is 7.42. The van der Waals surface area contributed by atoms with Crippen LogP contribution >= 0.6 is 0 Å². The first-order valence-corrected chi connectivity index (χ1v) is 13.5. The molecule has 0 spiro atoms. The molecule has 0 saturated heterocycles. The number of carbonyl (C=O) groups excluding carboxylic acids is 1. The van der Waals surface area contributed by atoms with Crippen LogP contribution in [0.4, 0.5) is 10.5 Å². The molecule has 0 aliphatic carbocycles. The van der Waals surface area contributed by atoms with Crippen molar-refractivity contribution in [3.63, 3.8) is 0 Å². The molecule has 0 saturated carbocycles. The van der Waals surface area contributed by atoms with E-state index in [4.69, 9.17) is 0 Å². The van der Waals surface area contributed by atoms with E-state index in [-0.39, 0.29) is 17.5 Å². The van der Waals surface area contributed by atoms with Gasteiger partial charge in [-0.25, -0.2) is 21.6 Å². The Morgan fingerprint density at radius 1 is 1.00 bits per heavy atom. The van der Waals surface area contributed by atoms with Gasteiger partial charge in [-0.05, 0) is 42.3 Å². The smallest absolute Gasteiger partial charge is 0.315 e. The molecule has 9 nitrogen and oxygen atoms in total. The second-order valence-corrected chi connectivity index (χ2v) is 11.0. The van der Waals surface area contributed by atoms with E-state index in [2.05, 4.69) is 15.4 Å². The number of hydrogen-bond donors (Lipinski definition) is 3. The summed E-state index contributed by atoms with van der Waals surface area (Å²) < 4.78 is 51.6. The minimum absolute atomic E-state index is 0.207. The molecule has 32 heavy (non-hydrogen) atoms. The van der Waals surface area contributed by atoms with Crippen molar-refractivity contribution >= 4 is 31.8 Å². The van der Waals surface area contributed by atoms with Gasteiger partial charge in [0.05, 0.1) is 17.2 Å². The number of sulfonamides is 2. The molecule has 3 N–H and O–H groups in total. The average molecular weight is 483 g/mol. The third-order valence-electron chi connectivity index (χ3n) is 4.75. The topological polar surface area (TPSA) is 125 Å². The second kappa shape index (κ2) is 10.8. The molecular formula is C21H30N4O5S2. The highest BCUT2D eigenvalue weighted by atomic mass is 32.2. The third kappa shape index (κ3) is 7.21. The summed E-state index contributed by atoms with van der Waals surface area (Å²) in [5, 5.41) is 5.53. The zero-order valence-electron chi connectivity index (χ0n) is 18.6. The normalized spacial score (nSPS) is 12.9. The zero-order valence-corrected chi connectivity index (χ0v) is 20.3. The van der Waals surface area contributed by atoms with Gasteiger partial charge < -0.3 is 10.6 Å². The summed E-state index contributed by atoms with van der Waals surface area (Å²) in [5.74, 6) is 0. The second-order valence-electron chi connectivity index (χ2n) is 7.28. The number of amides is 2. The summed E-state index contributed by atoms with van der Waals surface area (Å²) in [6.45, 7) is 6.37. The van der Waals surface area contributed by atoms with Crippen molar-refractivity contribution in [2.24, 2.45) is 0 Å². The van der Waals surface area contributed by atoms with Crippen molar-refractivity contribution in [1.82, 2.24) is 14.9 Å². The number of carbonyl (C=O) groups is 1. The molecule has 0 aliphatic heterocycles. The summed E-state index contributed by atoms with van der Waals surface area (Å²) in [6.07, 6.45) is 1.07. The highest BCUT2D eigenvalue weighted by Crippen LogP contribution is 2.19. The molecule has 0 radical (unpaired) electrons. The minimum atomic E-state index is -3.53. The molecule has 2 amide bonds. The van der Waals surface area contributed by atoms with E-state index < -0.39 is 26.1 Å². The first-order valence-electron chi connectivity index (χ1n) is 10.2.